The van der Waals surface area contributed by atoms with Gasteiger partial charge >= 0.3 is 0 Å². The van der Waals surface area contributed by atoms with Gasteiger partial charge in [-0.25, -0.2) is 4.98 Å². The van der Waals surface area contributed by atoms with Gasteiger partial charge in [-0.2, -0.15) is 0 Å². The maximum Gasteiger partial charge on any atom is 0.230 e. The third kappa shape index (κ3) is 5.44. The molecule has 1 heterocycles. The minimum absolute atomic E-state index is 0.0177. The quantitative estimate of drug-likeness (QED) is 0.576. The average molecular weight is 417 g/mol. The van der Waals surface area contributed by atoms with Crippen LogP contribution in [0.15, 0.2) is 64.2 Å². The number of nitrogens with zero attached hydrogens (tertiary/aromatic N) is 2. The van der Waals surface area contributed by atoms with Crippen molar-refractivity contribution in [1.82, 2.24) is 20.5 Å². The number of aromatic nitrogens is 3. The van der Waals surface area contributed by atoms with Gasteiger partial charge in [0.25, 0.3) is 0 Å². The van der Waals surface area contributed by atoms with E-state index in [2.05, 4.69) is 48.6 Å². The molecule has 2 aromatic carbocycles. The number of hydrogen-bond acceptors (Lipinski definition) is 4. The van der Waals surface area contributed by atoms with Crippen molar-refractivity contribution in [3.05, 3.63) is 64.6 Å². The smallest absolute Gasteiger partial charge is 0.230 e. The maximum atomic E-state index is 11.9. The molecule has 7 heteroatoms. The van der Waals surface area contributed by atoms with Crippen molar-refractivity contribution in [3.63, 3.8) is 0 Å². The molecule has 1 amide bonds. The van der Waals surface area contributed by atoms with Gasteiger partial charge in [-0.15, -0.1) is 5.10 Å². The third-order valence-electron chi connectivity index (χ3n) is 3.49. The summed E-state index contributed by atoms with van der Waals surface area (Å²) in [6.07, 6.45) is 0.825. The summed E-state index contributed by atoms with van der Waals surface area (Å²) < 4.78 is 1.01. The molecule has 0 radical (unpaired) electrons. The second-order valence-corrected chi connectivity index (χ2v) is 7.21. The average Bonchev–Trinajstić information content (AvgIpc) is 3.10. The molecular weight excluding hydrogens is 400 g/mol. The van der Waals surface area contributed by atoms with Gasteiger partial charge in [0.05, 0.1) is 5.75 Å². The van der Waals surface area contributed by atoms with E-state index in [4.69, 9.17) is 0 Å². The fourth-order valence-corrected chi connectivity index (χ4v) is 3.11. The van der Waals surface area contributed by atoms with Crippen LogP contribution in [0, 0.1) is 0 Å². The van der Waals surface area contributed by atoms with E-state index in [1.807, 2.05) is 42.5 Å². The number of amides is 1. The van der Waals surface area contributed by atoms with Crippen LogP contribution < -0.4 is 5.32 Å². The molecule has 0 spiro atoms. The van der Waals surface area contributed by atoms with Crippen LogP contribution >= 0.6 is 27.7 Å². The van der Waals surface area contributed by atoms with Crippen LogP contribution in [0.4, 0.5) is 0 Å². The Hall–Kier alpha value is -2.12. The third-order valence-corrected chi connectivity index (χ3v) is 4.87. The molecule has 0 saturated carbocycles. The van der Waals surface area contributed by atoms with Crippen LogP contribution in [0.25, 0.3) is 11.4 Å². The van der Waals surface area contributed by atoms with E-state index in [-0.39, 0.29) is 5.91 Å². The number of halogens is 1. The molecule has 0 bridgehead atoms. The SMILES string of the molecule is O=C(CSc1n[nH]c(-c2ccc(Br)cc2)n1)NCCc1ccccc1. The van der Waals surface area contributed by atoms with Crippen LogP contribution in [0.1, 0.15) is 5.56 Å². The zero-order valence-corrected chi connectivity index (χ0v) is 15.8. The number of rotatable bonds is 7. The molecule has 0 atom stereocenters. The lowest BCUT2D eigenvalue weighted by atomic mass is 10.1. The van der Waals surface area contributed by atoms with Crippen molar-refractivity contribution in [1.29, 1.82) is 0 Å². The van der Waals surface area contributed by atoms with Crippen LogP contribution in [-0.2, 0) is 11.2 Å². The minimum atomic E-state index is -0.0177. The molecule has 2 N–H and O–H groups in total. The molecule has 25 heavy (non-hydrogen) atoms. The molecule has 5 nitrogen and oxygen atoms in total. The molecule has 3 rings (SSSR count). The van der Waals surface area contributed by atoms with Crippen LogP contribution in [0.3, 0.4) is 0 Å². The highest BCUT2D eigenvalue weighted by Gasteiger charge is 2.09. The molecule has 0 aliphatic carbocycles. The van der Waals surface area contributed by atoms with E-state index in [1.165, 1.54) is 17.3 Å². The lowest BCUT2D eigenvalue weighted by Crippen LogP contribution is -2.27. The first-order valence-corrected chi connectivity index (χ1v) is 9.60. The minimum Gasteiger partial charge on any atom is -0.355 e. The van der Waals surface area contributed by atoms with Crippen LogP contribution in [-0.4, -0.2) is 33.4 Å². The number of benzene rings is 2. The maximum absolute atomic E-state index is 11.9. The molecule has 0 aliphatic heterocycles. The Kier molecular flexibility index (Phi) is 6.25. The van der Waals surface area contributed by atoms with Crippen LogP contribution in [0.5, 0.6) is 0 Å². The molecular formula is C18H17BrN4OS. The van der Waals surface area contributed by atoms with Gasteiger partial charge in [-0.3, -0.25) is 9.89 Å². The lowest BCUT2D eigenvalue weighted by molar-refractivity contribution is -0.118. The van der Waals surface area contributed by atoms with Gasteiger partial charge in [0.15, 0.2) is 5.82 Å². The summed E-state index contributed by atoms with van der Waals surface area (Å²) in [6, 6.07) is 17.9. The van der Waals surface area contributed by atoms with E-state index in [9.17, 15) is 4.79 Å². The van der Waals surface area contributed by atoms with E-state index in [0.29, 0.717) is 23.3 Å². The zero-order valence-electron chi connectivity index (χ0n) is 13.4. The largest absolute Gasteiger partial charge is 0.355 e. The Labute approximate surface area is 158 Å². The number of carbonyl (C=O) groups excluding carboxylic acids is 1. The molecule has 1 aromatic heterocycles. The van der Waals surface area contributed by atoms with Crippen LogP contribution in [0.2, 0.25) is 0 Å². The van der Waals surface area contributed by atoms with Crippen molar-refractivity contribution in [2.45, 2.75) is 11.6 Å². The Balaban J connectivity index is 1.44. The molecule has 0 unspecified atom stereocenters. The predicted octanol–water partition coefficient (Wildman–Crippen LogP) is 3.69. The molecule has 0 saturated heterocycles. The zero-order chi connectivity index (χ0) is 17.5. The normalized spacial score (nSPS) is 10.6. The van der Waals surface area contributed by atoms with Gasteiger partial charge in [0.2, 0.25) is 11.1 Å². The Morgan fingerprint density at radius 3 is 2.64 bits per heavy atom. The molecule has 128 valence electrons. The standard InChI is InChI=1S/C18H17BrN4OS/c19-15-8-6-14(7-9-15)17-21-18(23-22-17)25-12-16(24)20-11-10-13-4-2-1-3-5-13/h1-9H,10-12H2,(H,20,24)(H,21,22,23). The summed E-state index contributed by atoms with van der Waals surface area (Å²) in [7, 11) is 0. The summed E-state index contributed by atoms with van der Waals surface area (Å²) >= 11 is 4.72. The predicted molar refractivity (Wildman–Crippen MR) is 103 cm³/mol. The number of aromatic amines is 1. The van der Waals surface area contributed by atoms with Crippen molar-refractivity contribution >= 4 is 33.6 Å². The van der Waals surface area contributed by atoms with E-state index in [0.717, 1.165) is 16.5 Å². The van der Waals surface area contributed by atoms with Gasteiger partial charge in [0.1, 0.15) is 0 Å². The number of thioether (sulfide) groups is 1. The number of H-pyrrole nitrogens is 1. The first-order valence-electron chi connectivity index (χ1n) is 7.82. The monoisotopic (exact) mass is 416 g/mol. The van der Waals surface area contributed by atoms with Crippen molar-refractivity contribution < 1.29 is 4.79 Å². The van der Waals surface area contributed by atoms with E-state index < -0.39 is 0 Å². The lowest BCUT2D eigenvalue weighted by Gasteiger charge is -2.04. The fraction of sp³-hybridized carbons (Fsp3) is 0.167. The molecule has 0 fully saturated rings. The van der Waals surface area contributed by atoms with Gasteiger partial charge in [-0.05, 0) is 24.1 Å². The van der Waals surface area contributed by atoms with Gasteiger partial charge in [0, 0.05) is 16.6 Å². The topological polar surface area (TPSA) is 70.7 Å². The molecule has 3 aromatic rings. The van der Waals surface area contributed by atoms with Crippen molar-refractivity contribution in [2.24, 2.45) is 0 Å². The highest BCUT2D eigenvalue weighted by Crippen LogP contribution is 2.21. The van der Waals surface area contributed by atoms with Gasteiger partial charge < -0.3 is 5.32 Å². The number of hydrogen-bond donors (Lipinski definition) is 2. The first kappa shape index (κ1) is 17.7. The van der Waals surface area contributed by atoms with Crippen molar-refractivity contribution in [3.8, 4) is 11.4 Å². The first-order chi connectivity index (χ1) is 12.2. The number of carbonyl (C=O) groups is 1. The summed E-state index contributed by atoms with van der Waals surface area (Å²) in [6.45, 7) is 0.627. The fourth-order valence-electron chi connectivity index (χ4n) is 2.22. The summed E-state index contributed by atoms with van der Waals surface area (Å²) in [5, 5.41) is 10.5. The van der Waals surface area contributed by atoms with E-state index >= 15 is 0 Å². The highest BCUT2D eigenvalue weighted by molar-refractivity contribution is 9.10. The summed E-state index contributed by atoms with van der Waals surface area (Å²) in [5.41, 5.74) is 2.17. The van der Waals surface area contributed by atoms with Crippen molar-refractivity contribution in [2.75, 3.05) is 12.3 Å². The van der Waals surface area contributed by atoms with E-state index in [1.54, 1.807) is 0 Å². The molecule has 0 aliphatic rings. The second-order valence-electron chi connectivity index (χ2n) is 5.35. The summed E-state index contributed by atoms with van der Waals surface area (Å²) in [5.74, 6) is 0.974. The summed E-state index contributed by atoms with van der Waals surface area (Å²) in [4.78, 5) is 16.3. The Morgan fingerprint density at radius 1 is 1.12 bits per heavy atom. The second kappa shape index (κ2) is 8.82. The number of nitrogens with one attached hydrogen (secondary N) is 2. The Bertz CT molecular complexity index is 821. The highest BCUT2D eigenvalue weighted by atomic mass is 79.9. The van der Waals surface area contributed by atoms with Gasteiger partial charge in [-0.1, -0.05) is 70.2 Å². The Morgan fingerprint density at radius 2 is 1.88 bits per heavy atom.